The van der Waals surface area contributed by atoms with E-state index in [-0.39, 0.29) is 0 Å². The summed E-state index contributed by atoms with van der Waals surface area (Å²) in [6, 6.07) is 1.88. The molecule has 0 N–H and O–H groups in total. The van der Waals surface area contributed by atoms with Gasteiger partial charge in [-0.3, -0.25) is 0 Å². The molecule has 0 aromatic carbocycles. The third-order valence-corrected chi connectivity index (χ3v) is 2.32. The minimum Gasteiger partial charge on any atom is -0.114 e. The summed E-state index contributed by atoms with van der Waals surface area (Å²) in [6.45, 7) is 1.96. The predicted molar refractivity (Wildman–Crippen MR) is 42.0 cm³/mol. The largest absolute Gasteiger partial charge is 0.114 e. The summed E-state index contributed by atoms with van der Waals surface area (Å²) >= 11 is 7.11. The van der Waals surface area contributed by atoms with Gasteiger partial charge in [-0.1, -0.05) is 17.5 Å². The van der Waals surface area contributed by atoms with E-state index in [1.54, 1.807) is 0 Å². The molecule has 0 amide bonds. The van der Waals surface area contributed by atoms with Gasteiger partial charge in [0, 0.05) is 0 Å². The number of hydrogen-bond acceptors (Lipinski definition) is 1. The lowest BCUT2D eigenvalue weighted by molar-refractivity contribution is 1.53. The molecule has 0 saturated carbocycles. The first kappa shape index (κ1) is 6.67. The summed E-state index contributed by atoms with van der Waals surface area (Å²) in [7, 11) is 0. The molecule has 0 aliphatic heterocycles. The summed E-state index contributed by atoms with van der Waals surface area (Å²) in [5.74, 6) is 2.55. The van der Waals surface area contributed by atoms with Crippen LogP contribution in [-0.4, -0.2) is 0 Å². The van der Waals surface area contributed by atoms with Crippen LogP contribution in [0.5, 0.6) is 0 Å². The maximum atomic E-state index is 5.67. The molecule has 1 heterocycles. The van der Waals surface area contributed by atoms with E-state index in [0.29, 0.717) is 0 Å². The van der Waals surface area contributed by atoms with Gasteiger partial charge in [0.2, 0.25) is 0 Å². The molecule has 9 heavy (non-hydrogen) atoms. The molecule has 0 bridgehead atoms. The van der Waals surface area contributed by atoms with Gasteiger partial charge in [-0.25, -0.2) is 0 Å². The molecule has 0 unspecified atom stereocenters. The van der Waals surface area contributed by atoms with E-state index in [4.69, 9.17) is 18.0 Å². The van der Waals surface area contributed by atoms with E-state index >= 15 is 0 Å². The molecule has 46 valence electrons. The summed E-state index contributed by atoms with van der Waals surface area (Å²) in [5.41, 5.74) is 1.09. The molecule has 1 rings (SSSR count). The average Bonchev–Trinajstić information content (AvgIpc) is 2.10. The molecule has 1 aromatic heterocycles. The van der Waals surface area contributed by atoms with Crippen LogP contribution >= 0.6 is 22.9 Å². The number of aryl methyl sites for hydroxylation is 1. The third kappa shape index (κ3) is 1.27. The summed E-state index contributed by atoms with van der Waals surface area (Å²) in [4.78, 5) is 0.931. The van der Waals surface area contributed by atoms with Crippen LogP contribution in [0.15, 0.2) is 6.07 Å². The summed E-state index contributed by atoms with van der Waals surface area (Å²) < 4.78 is 0.764. The van der Waals surface area contributed by atoms with Gasteiger partial charge in [0.25, 0.3) is 0 Å². The summed E-state index contributed by atoms with van der Waals surface area (Å²) in [6.07, 6.45) is 5.17. The normalized spacial score (nSPS) is 9.00. The highest BCUT2D eigenvalue weighted by atomic mass is 35.5. The van der Waals surface area contributed by atoms with Crippen molar-refractivity contribution in [1.82, 2.24) is 0 Å². The second-order valence-corrected chi connectivity index (χ2v) is 3.39. The third-order valence-electron chi connectivity index (χ3n) is 1.02. The second kappa shape index (κ2) is 2.43. The quantitative estimate of drug-likeness (QED) is 0.507. The molecular weight excluding hydrogens is 152 g/mol. The van der Waals surface area contributed by atoms with Crippen molar-refractivity contribution in [3.8, 4) is 12.3 Å². The average molecular weight is 157 g/mol. The first-order chi connectivity index (χ1) is 4.24. The standard InChI is InChI=1S/C7H5ClS/c1-3-6-5(2)4-7(8)9-6/h1,4H,2H3. The maximum absolute atomic E-state index is 5.67. The van der Waals surface area contributed by atoms with Gasteiger partial charge in [0.1, 0.15) is 0 Å². The van der Waals surface area contributed by atoms with Crippen molar-refractivity contribution >= 4 is 22.9 Å². The smallest absolute Gasteiger partial charge is 0.0944 e. The van der Waals surface area contributed by atoms with Crippen LogP contribution in [0.3, 0.4) is 0 Å². The molecular formula is C7H5ClS. The number of thiophene rings is 1. The number of terminal acetylenes is 1. The first-order valence-corrected chi connectivity index (χ1v) is 3.66. The zero-order valence-corrected chi connectivity index (χ0v) is 6.51. The molecule has 0 radical (unpaired) electrons. The highest BCUT2D eigenvalue weighted by Crippen LogP contribution is 2.24. The predicted octanol–water partition coefficient (Wildman–Crippen LogP) is 2.69. The van der Waals surface area contributed by atoms with E-state index in [9.17, 15) is 0 Å². The SMILES string of the molecule is C#Cc1sc(Cl)cc1C. The van der Waals surface area contributed by atoms with Crippen molar-refractivity contribution in [2.75, 3.05) is 0 Å². The van der Waals surface area contributed by atoms with Gasteiger partial charge < -0.3 is 0 Å². The van der Waals surface area contributed by atoms with Gasteiger partial charge >= 0.3 is 0 Å². The van der Waals surface area contributed by atoms with E-state index in [1.807, 2.05) is 13.0 Å². The van der Waals surface area contributed by atoms with Crippen molar-refractivity contribution < 1.29 is 0 Å². The van der Waals surface area contributed by atoms with Crippen molar-refractivity contribution in [3.63, 3.8) is 0 Å². The number of hydrogen-bond donors (Lipinski definition) is 0. The van der Waals surface area contributed by atoms with Crippen molar-refractivity contribution in [2.24, 2.45) is 0 Å². The van der Waals surface area contributed by atoms with E-state index < -0.39 is 0 Å². The molecule has 2 heteroatoms. The monoisotopic (exact) mass is 156 g/mol. The molecule has 0 fully saturated rings. The molecule has 0 saturated heterocycles. The lowest BCUT2D eigenvalue weighted by Gasteiger charge is -1.79. The molecule has 0 nitrogen and oxygen atoms in total. The van der Waals surface area contributed by atoms with E-state index in [1.165, 1.54) is 11.3 Å². The van der Waals surface area contributed by atoms with Crippen LogP contribution in [0.25, 0.3) is 0 Å². The minimum absolute atomic E-state index is 0.764. The van der Waals surface area contributed by atoms with Crippen LogP contribution in [0, 0.1) is 19.3 Å². The Balaban J connectivity index is 3.20. The van der Waals surface area contributed by atoms with Crippen LogP contribution in [0.1, 0.15) is 10.4 Å². The van der Waals surface area contributed by atoms with E-state index in [2.05, 4.69) is 5.92 Å². The van der Waals surface area contributed by atoms with Gasteiger partial charge in [0.15, 0.2) is 0 Å². The Hall–Kier alpha value is -0.450. The van der Waals surface area contributed by atoms with Gasteiger partial charge in [-0.05, 0) is 18.6 Å². The molecule has 0 aliphatic carbocycles. The first-order valence-electron chi connectivity index (χ1n) is 2.46. The lowest BCUT2D eigenvalue weighted by Crippen LogP contribution is -1.65. The van der Waals surface area contributed by atoms with Gasteiger partial charge in [0.05, 0.1) is 9.21 Å². The Morgan fingerprint density at radius 1 is 1.78 bits per heavy atom. The Morgan fingerprint density at radius 3 is 2.67 bits per heavy atom. The Labute approximate surface area is 63.5 Å². The van der Waals surface area contributed by atoms with E-state index in [0.717, 1.165) is 14.8 Å². The fourth-order valence-electron chi connectivity index (χ4n) is 0.587. The van der Waals surface area contributed by atoms with Crippen LogP contribution in [0.2, 0.25) is 4.34 Å². The number of rotatable bonds is 0. The Kier molecular flexibility index (Phi) is 1.80. The van der Waals surface area contributed by atoms with Crippen LogP contribution < -0.4 is 0 Å². The van der Waals surface area contributed by atoms with Crippen molar-refractivity contribution in [1.29, 1.82) is 0 Å². The fourth-order valence-corrected chi connectivity index (χ4v) is 1.69. The molecule has 0 atom stereocenters. The van der Waals surface area contributed by atoms with Gasteiger partial charge in [-0.2, -0.15) is 0 Å². The number of halogens is 1. The lowest BCUT2D eigenvalue weighted by atomic mass is 10.3. The van der Waals surface area contributed by atoms with Crippen molar-refractivity contribution in [3.05, 3.63) is 20.8 Å². The molecule has 1 aromatic rings. The second-order valence-electron chi connectivity index (χ2n) is 1.71. The highest BCUT2D eigenvalue weighted by molar-refractivity contribution is 7.16. The zero-order valence-electron chi connectivity index (χ0n) is 4.94. The fraction of sp³-hybridized carbons (Fsp3) is 0.143. The van der Waals surface area contributed by atoms with Crippen LogP contribution in [0.4, 0.5) is 0 Å². The summed E-state index contributed by atoms with van der Waals surface area (Å²) in [5, 5.41) is 0. The Morgan fingerprint density at radius 2 is 2.44 bits per heavy atom. The topological polar surface area (TPSA) is 0 Å². The molecule has 0 spiro atoms. The van der Waals surface area contributed by atoms with Crippen molar-refractivity contribution in [2.45, 2.75) is 6.92 Å². The highest BCUT2D eigenvalue weighted by Gasteiger charge is 1.98. The Bertz CT molecular complexity index is 254. The maximum Gasteiger partial charge on any atom is 0.0944 e. The minimum atomic E-state index is 0.764. The van der Waals surface area contributed by atoms with Crippen LogP contribution in [-0.2, 0) is 0 Å². The zero-order chi connectivity index (χ0) is 6.85. The van der Waals surface area contributed by atoms with Gasteiger partial charge in [-0.15, -0.1) is 17.8 Å². The molecule has 0 aliphatic rings.